The number of nitrogens with one attached hydrogen (secondary N) is 1. The fraction of sp³-hybridized carbons (Fsp3) is 0.357. The minimum absolute atomic E-state index is 0.0351. The average Bonchev–Trinajstić information content (AvgIpc) is 2.81. The summed E-state index contributed by atoms with van der Waals surface area (Å²) in [6, 6.07) is 7.33. The Balaban J connectivity index is 2.01. The fourth-order valence-electron chi connectivity index (χ4n) is 1.94. The fourth-order valence-corrected chi connectivity index (χ4v) is 1.94. The summed E-state index contributed by atoms with van der Waals surface area (Å²) in [6.45, 7) is 2.66. The molecular formula is C14H19N3O2. The van der Waals surface area contributed by atoms with Crippen LogP contribution in [0.25, 0.3) is 0 Å². The Labute approximate surface area is 112 Å². The summed E-state index contributed by atoms with van der Waals surface area (Å²) in [7, 11) is 3.47. The minimum Gasteiger partial charge on any atom is -0.507 e. The summed E-state index contributed by atoms with van der Waals surface area (Å²) >= 11 is 0. The second-order valence-electron chi connectivity index (χ2n) is 4.51. The molecule has 1 aromatic carbocycles. The summed E-state index contributed by atoms with van der Waals surface area (Å²) in [5.41, 5.74) is 1.82. The maximum atomic E-state index is 9.95. The van der Waals surface area contributed by atoms with Crippen LogP contribution in [0.15, 0.2) is 30.5 Å². The highest BCUT2D eigenvalue weighted by Gasteiger charge is 2.11. The van der Waals surface area contributed by atoms with E-state index in [9.17, 15) is 5.11 Å². The summed E-state index contributed by atoms with van der Waals surface area (Å²) in [5.74, 6) is 0.888. The standard InChI is InChI=1S/C14H19N3O2/c1-10(15-9-11-6-7-17(2)16-11)13-5-4-12(19-3)8-14(13)18/h4-8,10,15,18H,9H2,1-3H3. The van der Waals surface area contributed by atoms with Gasteiger partial charge in [0.15, 0.2) is 0 Å². The van der Waals surface area contributed by atoms with Crippen LogP contribution in [0, 0.1) is 0 Å². The normalized spacial score (nSPS) is 12.4. The van der Waals surface area contributed by atoms with Crippen molar-refractivity contribution in [3.63, 3.8) is 0 Å². The van der Waals surface area contributed by atoms with Gasteiger partial charge in [-0.3, -0.25) is 4.68 Å². The molecule has 0 radical (unpaired) electrons. The number of aromatic nitrogens is 2. The largest absolute Gasteiger partial charge is 0.507 e. The molecule has 0 fully saturated rings. The molecule has 1 aromatic heterocycles. The van der Waals surface area contributed by atoms with Crippen LogP contribution in [0.1, 0.15) is 24.2 Å². The van der Waals surface area contributed by atoms with Crippen molar-refractivity contribution in [1.29, 1.82) is 0 Å². The van der Waals surface area contributed by atoms with E-state index in [1.54, 1.807) is 17.9 Å². The number of nitrogens with zero attached hydrogens (tertiary/aromatic N) is 2. The molecule has 0 spiro atoms. The Morgan fingerprint density at radius 2 is 2.21 bits per heavy atom. The van der Waals surface area contributed by atoms with Gasteiger partial charge in [0.2, 0.25) is 0 Å². The number of hydrogen-bond donors (Lipinski definition) is 2. The third-order valence-corrected chi connectivity index (χ3v) is 3.06. The number of phenolic OH excluding ortho intramolecular Hbond substituents is 1. The number of aromatic hydroxyl groups is 1. The van der Waals surface area contributed by atoms with Gasteiger partial charge < -0.3 is 15.2 Å². The molecule has 0 saturated carbocycles. The molecule has 0 aliphatic heterocycles. The van der Waals surface area contributed by atoms with Crippen LogP contribution in [0.2, 0.25) is 0 Å². The molecule has 1 atom stereocenters. The van der Waals surface area contributed by atoms with Crippen LogP contribution in [-0.2, 0) is 13.6 Å². The Hall–Kier alpha value is -2.01. The Morgan fingerprint density at radius 1 is 1.42 bits per heavy atom. The number of aryl methyl sites for hydroxylation is 1. The third-order valence-electron chi connectivity index (χ3n) is 3.06. The van der Waals surface area contributed by atoms with E-state index in [4.69, 9.17) is 4.74 Å². The predicted molar refractivity (Wildman–Crippen MR) is 73.1 cm³/mol. The van der Waals surface area contributed by atoms with E-state index in [0.717, 1.165) is 11.3 Å². The van der Waals surface area contributed by atoms with Crippen molar-refractivity contribution >= 4 is 0 Å². The van der Waals surface area contributed by atoms with Crippen molar-refractivity contribution in [3.05, 3.63) is 41.7 Å². The highest BCUT2D eigenvalue weighted by Crippen LogP contribution is 2.28. The first-order valence-electron chi connectivity index (χ1n) is 6.19. The molecule has 2 N–H and O–H groups in total. The van der Waals surface area contributed by atoms with Gasteiger partial charge in [0, 0.05) is 37.5 Å². The average molecular weight is 261 g/mol. The number of phenols is 1. The van der Waals surface area contributed by atoms with E-state index >= 15 is 0 Å². The van der Waals surface area contributed by atoms with Gasteiger partial charge in [-0.15, -0.1) is 0 Å². The van der Waals surface area contributed by atoms with Crippen LogP contribution in [0.4, 0.5) is 0 Å². The van der Waals surface area contributed by atoms with E-state index in [-0.39, 0.29) is 11.8 Å². The zero-order valence-electron chi connectivity index (χ0n) is 11.4. The zero-order valence-corrected chi connectivity index (χ0v) is 11.4. The molecule has 1 heterocycles. The molecular weight excluding hydrogens is 242 g/mol. The van der Waals surface area contributed by atoms with Crippen molar-refractivity contribution in [2.24, 2.45) is 7.05 Å². The molecule has 2 rings (SSSR count). The molecule has 2 aromatic rings. The minimum atomic E-state index is 0.0351. The Bertz CT molecular complexity index is 551. The van der Waals surface area contributed by atoms with E-state index < -0.39 is 0 Å². The molecule has 0 aliphatic rings. The molecule has 0 bridgehead atoms. The predicted octanol–water partition coefficient (Wildman–Crippen LogP) is 1.99. The molecule has 0 saturated heterocycles. The number of benzene rings is 1. The number of hydrogen-bond acceptors (Lipinski definition) is 4. The van der Waals surface area contributed by atoms with E-state index in [0.29, 0.717) is 12.3 Å². The summed E-state index contributed by atoms with van der Waals surface area (Å²) in [4.78, 5) is 0. The zero-order chi connectivity index (χ0) is 13.8. The second-order valence-corrected chi connectivity index (χ2v) is 4.51. The van der Waals surface area contributed by atoms with Gasteiger partial charge in [-0.1, -0.05) is 6.07 Å². The van der Waals surface area contributed by atoms with Gasteiger partial charge in [-0.05, 0) is 19.1 Å². The van der Waals surface area contributed by atoms with Crippen LogP contribution in [-0.4, -0.2) is 22.0 Å². The van der Waals surface area contributed by atoms with Gasteiger partial charge >= 0.3 is 0 Å². The first kappa shape index (κ1) is 13.4. The lowest BCUT2D eigenvalue weighted by Crippen LogP contribution is -2.18. The number of rotatable bonds is 5. The maximum absolute atomic E-state index is 9.95. The molecule has 0 aliphatic carbocycles. The lowest BCUT2D eigenvalue weighted by Gasteiger charge is -2.15. The van der Waals surface area contributed by atoms with Crippen LogP contribution in [0.5, 0.6) is 11.5 Å². The van der Waals surface area contributed by atoms with E-state index in [2.05, 4.69) is 10.4 Å². The SMILES string of the molecule is COc1ccc(C(C)NCc2ccn(C)n2)c(O)c1. The van der Waals surface area contributed by atoms with Gasteiger partial charge in [-0.25, -0.2) is 0 Å². The first-order valence-corrected chi connectivity index (χ1v) is 6.19. The molecule has 1 unspecified atom stereocenters. The second kappa shape index (κ2) is 5.75. The maximum Gasteiger partial charge on any atom is 0.124 e. The highest BCUT2D eigenvalue weighted by atomic mass is 16.5. The highest BCUT2D eigenvalue weighted by molar-refractivity contribution is 5.41. The molecule has 102 valence electrons. The first-order chi connectivity index (χ1) is 9.10. The Kier molecular flexibility index (Phi) is 4.06. The van der Waals surface area contributed by atoms with Crippen molar-refractivity contribution in [1.82, 2.24) is 15.1 Å². The van der Waals surface area contributed by atoms with E-state index in [1.807, 2.05) is 38.4 Å². The summed E-state index contributed by atoms with van der Waals surface area (Å²) in [5, 5.41) is 17.6. The third kappa shape index (κ3) is 3.26. The Morgan fingerprint density at radius 3 is 2.79 bits per heavy atom. The topological polar surface area (TPSA) is 59.3 Å². The molecule has 5 heteroatoms. The molecule has 19 heavy (non-hydrogen) atoms. The van der Waals surface area contributed by atoms with Crippen molar-refractivity contribution in [2.45, 2.75) is 19.5 Å². The number of ether oxygens (including phenoxy) is 1. The smallest absolute Gasteiger partial charge is 0.124 e. The van der Waals surface area contributed by atoms with Crippen molar-refractivity contribution < 1.29 is 9.84 Å². The quantitative estimate of drug-likeness (QED) is 0.864. The van der Waals surface area contributed by atoms with Crippen LogP contribution in [0.3, 0.4) is 0 Å². The summed E-state index contributed by atoms with van der Waals surface area (Å²) in [6.07, 6.45) is 1.91. The van der Waals surface area contributed by atoms with Crippen molar-refractivity contribution in [3.8, 4) is 11.5 Å². The lowest BCUT2D eigenvalue weighted by atomic mass is 10.1. The van der Waals surface area contributed by atoms with Crippen LogP contribution < -0.4 is 10.1 Å². The van der Waals surface area contributed by atoms with Gasteiger partial charge in [0.1, 0.15) is 11.5 Å². The summed E-state index contributed by atoms with van der Waals surface area (Å²) < 4.78 is 6.84. The van der Waals surface area contributed by atoms with Gasteiger partial charge in [0.05, 0.1) is 12.8 Å². The van der Waals surface area contributed by atoms with Crippen molar-refractivity contribution in [2.75, 3.05) is 7.11 Å². The molecule has 5 nitrogen and oxygen atoms in total. The molecule has 0 amide bonds. The van der Waals surface area contributed by atoms with E-state index in [1.165, 1.54) is 0 Å². The lowest BCUT2D eigenvalue weighted by molar-refractivity contribution is 0.404. The number of methoxy groups -OCH3 is 1. The van der Waals surface area contributed by atoms with Crippen LogP contribution >= 0.6 is 0 Å². The van der Waals surface area contributed by atoms with Gasteiger partial charge in [0.25, 0.3) is 0 Å². The monoisotopic (exact) mass is 261 g/mol. The van der Waals surface area contributed by atoms with Gasteiger partial charge in [-0.2, -0.15) is 5.10 Å².